The minimum Gasteiger partial charge on any atom is -0.282 e. The van der Waals surface area contributed by atoms with Gasteiger partial charge in [0, 0.05) is 26.2 Å². The van der Waals surface area contributed by atoms with Crippen molar-refractivity contribution in [3.05, 3.63) is 44.1 Å². The van der Waals surface area contributed by atoms with Gasteiger partial charge in [0.05, 0.1) is 17.9 Å². The molecule has 0 atom stereocenters. The topological polar surface area (TPSA) is 75.5 Å². The first kappa shape index (κ1) is 17.8. The van der Waals surface area contributed by atoms with Crippen LogP contribution in [0.15, 0.2) is 32.7 Å². The van der Waals surface area contributed by atoms with Crippen LogP contribution in [0.3, 0.4) is 0 Å². The van der Waals surface area contributed by atoms with Crippen LogP contribution in [0, 0.1) is 0 Å². The molecule has 0 aliphatic carbocycles. The summed E-state index contributed by atoms with van der Waals surface area (Å²) in [6.07, 6.45) is 1.32. The van der Waals surface area contributed by atoms with Crippen LogP contribution in [0.4, 0.5) is 0 Å². The molecule has 7 nitrogen and oxygen atoms in total. The van der Waals surface area contributed by atoms with Gasteiger partial charge in [-0.15, -0.1) is 11.3 Å². The quantitative estimate of drug-likeness (QED) is 0.767. The van der Waals surface area contributed by atoms with E-state index in [4.69, 9.17) is 23.2 Å². The first-order valence-electron chi connectivity index (χ1n) is 7.07. The fourth-order valence-electron chi connectivity index (χ4n) is 2.38. The monoisotopic (exact) mass is 408 g/mol. The molecule has 0 N–H and O–H groups in total. The van der Waals surface area contributed by atoms with E-state index in [1.165, 1.54) is 26.5 Å². The third kappa shape index (κ3) is 3.51. The van der Waals surface area contributed by atoms with Crippen molar-refractivity contribution in [2.24, 2.45) is 0 Å². The third-order valence-electron chi connectivity index (χ3n) is 3.70. The van der Waals surface area contributed by atoms with Crippen LogP contribution in [0.5, 0.6) is 0 Å². The first-order valence-corrected chi connectivity index (χ1v) is 10.1. The van der Waals surface area contributed by atoms with Gasteiger partial charge in [-0.1, -0.05) is 29.3 Å². The summed E-state index contributed by atoms with van der Waals surface area (Å²) in [5.74, 6) is 0. The molecule has 1 aliphatic heterocycles. The Morgan fingerprint density at radius 1 is 1.21 bits per heavy atom. The summed E-state index contributed by atoms with van der Waals surface area (Å²) in [5, 5.41) is 5.75. The Balaban J connectivity index is 1.66. The Morgan fingerprint density at radius 3 is 2.54 bits per heavy atom. The molecular formula is C13H14Cl2N4O3S2. The lowest BCUT2D eigenvalue weighted by molar-refractivity contribution is 0.143. The van der Waals surface area contributed by atoms with E-state index in [1.54, 1.807) is 17.5 Å². The minimum absolute atomic E-state index is 0.0643. The van der Waals surface area contributed by atoms with Gasteiger partial charge >= 0.3 is 0 Å². The standard InChI is InChI=1S/C13H14Cl2N4O3S2/c14-10-8-16-19(13(20)12(10)15)9-17-3-5-18(6-4-17)24(21,22)11-2-1-7-23-11/h1-2,7-8H,3-6,9H2. The van der Waals surface area contributed by atoms with Crippen LogP contribution >= 0.6 is 34.5 Å². The maximum atomic E-state index is 12.5. The van der Waals surface area contributed by atoms with Gasteiger partial charge in [0.15, 0.2) is 0 Å². The highest BCUT2D eigenvalue weighted by Crippen LogP contribution is 2.22. The second kappa shape index (κ2) is 7.11. The van der Waals surface area contributed by atoms with Crippen molar-refractivity contribution in [3.63, 3.8) is 0 Å². The van der Waals surface area contributed by atoms with Crippen molar-refractivity contribution >= 4 is 44.6 Å². The fraction of sp³-hybridized carbons (Fsp3) is 0.385. The van der Waals surface area contributed by atoms with Crippen molar-refractivity contribution < 1.29 is 8.42 Å². The lowest BCUT2D eigenvalue weighted by Gasteiger charge is -2.33. The van der Waals surface area contributed by atoms with E-state index in [9.17, 15) is 13.2 Å². The molecule has 1 fully saturated rings. The molecule has 3 rings (SSSR count). The largest absolute Gasteiger partial charge is 0.288 e. The SMILES string of the molecule is O=c1c(Cl)c(Cl)cnn1CN1CCN(S(=O)(=O)c2cccs2)CC1. The van der Waals surface area contributed by atoms with E-state index in [1.807, 2.05) is 4.90 Å². The highest BCUT2D eigenvalue weighted by molar-refractivity contribution is 7.91. The van der Waals surface area contributed by atoms with E-state index >= 15 is 0 Å². The zero-order valence-electron chi connectivity index (χ0n) is 12.4. The molecular weight excluding hydrogens is 395 g/mol. The Labute approximate surface area is 153 Å². The van der Waals surface area contributed by atoms with Gasteiger partial charge in [-0.2, -0.15) is 9.40 Å². The van der Waals surface area contributed by atoms with Gasteiger partial charge in [0.1, 0.15) is 9.23 Å². The average Bonchev–Trinajstić information content (AvgIpc) is 3.11. The Bertz CT molecular complexity index is 875. The van der Waals surface area contributed by atoms with Crippen molar-refractivity contribution in [2.75, 3.05) is 26.2 Å². The third-order valence-corrected chi connectivity index (χ3v) is 7.72. The maximum absolute atomic E-state index is 12.5. The molecule has 1 saturated heterocycles. The van der Waals surface area contributed by atoms with Crippen molar-refractivity contribution in [3.8, 4) is 0 Å². The second-order valence-electron chi connectivity index (χ2n) is 5.21. The number of sulfonamides is 1. The van der Waals surface area contributed by atoms with E-state index < -0.39 is 15.6 Å². The van der Waals surface area contributed by atoms with E-state index in [2.05, 4.69) is 5.10 Å². The van der Waals surface area contributed by atoms with Crippen LogP contribution < -0.4 is 5.56 Å². The molecule has 0 aromatic carbocycles. The molecule has 0 spiro atoms. The van der Waals surface area contributed by atoms with Gasteiger partial charge in [0.25, 0.3) is 15.6 Å². The van der Waals surface area contributed by atoms with Gasteiger partial charge < -0.3 is 0 Å². The average molecular weight is 409 g/mol. The van der Waals surface area contributed by atoms with Gasteiger partial charge in [0.2, 0.25) is 0 Å². The molecule has 24 heavy (non-hydrogen) atoms. The summed E-state index contributed by atoms with van der Waals surface area (Å²) in [6.45, 7) is 1.95. The molecule has 1 aliphatic rings. The number of rotatable bonds is 4. The van der Waals surface area contributed by atoms with Crippen LogP contribution in [0.2, 0.25) is 10.0 Å². The highest BCUT2D eigenvalue weighted by Gasteiger charge is 2.29. The maximum Gasteiger partial charge on any atom is 0.288 e. The second-order valence-corrected chi connectivity index (χ2v) is 9.10. The summed E-state index contributed by atoms with van der Waals surface area (Å²) in [6, 6.07) is 3.32. The molecule has 2 aromatic rings. The molecule has 130 valence electrons. The first-order chi connectivity index (χ1) is 11.4. The number of thiophene rings is 1. The van der Waals surface area contributed by atoms with Crippen LogP contribution in [0.1, 0.15) is 0 Å². The molecule has 0 unspecified atom stereocenters. The van der Waals surface area contributed by atoms with Crippen LogP contribution in [0.25, 0.3) is 0 Å². The number of aromatic nitrogens is 2. The molecule has 0 amide bonds. The van der Waals surface area contributed by atoms with Crippen molar-refractivity contribution in [1.82, 2.24) is 19.0 Å². The zero-order chi connectivity index (χ0) is 17.3. The predicted octanol–water partition coefficient (Wildman–Crippen LogP) is 1.58. The highest BCUT2D eigenvalue weighted by atomic mass is 35.5. The smallest absolute Gasteiger partial charge is 0.282 e. The Hall–Kier alpha value is -0.970. The predicted molar refractivity (Wildman–Crippen MR) is 93.2 cm³/mol. The normalized spacial score (nSPS) is 17.2. The van der Waals surface area contributed by atoms with E-state index in [0.29, 0.717) is 30.4 Å². The summed E-state index contributed by atoms with van der Waals surface area (Å²) in [7, 11) is -3.43. The number of halogens is 2. The zero-order valence-corrected chi connectivity index (χ0v) is 15.6. The number of hydrogen-bond donors (Lipinski definition) is 0. The van der Waals surface area contributed by atoms with Gasteiger partial charge in [-0.05, 0) is 11.4 Å². The summed E-state index contributed by atoms with van der Waals surface area (Å²) in [4.78, 5) is 13.9. The molecule has 0 bridgehead atoms. The number of nitrogens with zero attached hydrogens (tertiary/aromatic N) is 4. The fourth-order valence-corrected chi connectivity index (χ4v) is 5.22. The van der Waals surface area contributed by atoms with Gasteiger partial charge in [-0.3, -0.25) is 9.69 Å². The minimum atomic E-state index is -3.43. The van der Waals surface area contributed by atoms with Crippen LogP contribution in [-0.2, 0) is 16.7 Å². The van der Waals surface area contributed by atoms with Crippen LogP contribution in [-0.4, -0.2) is 53.6 Å². The summed E-state index contributed by atoms with van der Waals surface area (Å²) in [5.41, 5.74) is -0.460. The lowest BCUT2D eigenvalue weighted by atomic mass is 10.4. The number of hydrogen-bond acceptors (Lipinski definition) is 6. The number of piperazine rings is 1. The summed E-state index contributed by atoms with van der Waals surface area (Å²) < 4.78 is 28.0. The van der Waals surface area contributed by atoms with E-state index in [-0.39, 0.29) is 16.7 Å². The van der Waals surface area contributed by atoms with E-state index in [0.717, 1.165) is 0 Å². The van der Waals surface area contributed by atoms with Gasteiger partial charge in [-0.25, -0.2) is 13.1 Å². The Morgan fingerprint density at radius 2 is 1.92 bits per heavy atom. The lowest BCUT2D eigenvalue weighted by Crippen LogP contribution is -2.49. The van der Waals surface area contributed by atoms with Crippen molar-refractivity contribution in [1.29, 1.82) is 0 Å². The van der Waals surface area contributed by atoms with Crippen molar-refractivity contribution in [2.45, 2.75) is 10.9 Å². The molecule has 2 aromatic heterocycles. The molecule has 11 heteroatoms. The molecule has 0 radical (unpaired) electrons. The summed E-state index contributed by atoms with van der Waals surface area (Å²) >= 11 is 12.8. The Kier molecular flexibility index (Phi) is 5.28. The molecule has 0 saturated carbocycles. The molecule has 3 heterocycles.